The van der Waals surface area contributed by atoms with Crippen LogP contribution in [-0.2, 0) is 0 Å². The minimum absolute atomic E-state index is 0.589. The highest BCUT2D eigenvalue weighted by Gasteiger charge is 2.28. The summed E-state index contributed by atoms with van der Waals surface area (Å²) in [5, 5.41) is 9.78. The zero-order valence-corrected chi connectivity index (χ0v) is 31.1. The fraction of sp³-hybridized carbons (Fsp3) is 0. The summed E-state index contributed by atoms with van der Waals surface area (Å²) in [6, 6.07) is 67.2. The number of aromatic nitrogens is 5. The second kappa shape index (κ2) is 11.8. The third-order valence-electron chi connectivity index (χ3n) is 12.1. The smallest absolute Gasteiger partial charge is 0.238 e. The molecule has 0 radical (unpaired) electrons. The van der Waals surface area contributed by atoms with Gasteiger partial charge in [-0.3, -0.25) is 4.57 Å². The van der Waals surface area contributed by atoms with Crippen LogP contribution in [0.4, 0.5) is 0 Å². The third kappa shape index (κ3) is 4.38. The zero-order valence-electron chi connectivity index (χ0n) is 31.1. The lowest BCUT2D eigenvalue weighted by Crippen LogP contribution is -2.06. The molecule has 0 saturated carbocycles. The van der Waals surface area contributed by atoms with Crippen LogP contribution in [0, 0.1) is 0 Å². The standard InChI is InChI=1S/C53H31N5/c1-4-12-32(13-5-1)36-24-22-33-23-25-37(31-38(33)30-36)52-54-51(35-14-6-2-7-15-35)55-53(56-52)58-43-21-11-19-41-40-18-10-20-42-47(40)49-44(57(42)39-16-8-3-9-17-39)28-26-34-27-29-45(58)50(46(34)49)48(41)43/h1-31H. The fourth-order valence-corrected chi connectivity index (χ4v) is 9.54. The van der Waals surface area contributed by atoms with E-state index in [0.717, 1.165) is 33.2 Å². The van der Waals surface area contributed by atoms with Crippen LogP contribution in [0.25, 0.3) is 122 Å². The summed E-state index contributed by atoms with van der Waals surface area (Å²) in [7, 11) is 0. The minimum Gasteiger partial charge on any atom is -0.309 e. The summed E-state index contributed by atoms with van der Waals surface area (Å²) >= 11 is 0. The van der Waals surface area contributed by atoms with Gasteiger partial charge in [0.1, 0.15) is 0 Å². The van der Waals surface area contributed by atoms with Crippen molar-refractivity contribution in [3.63, 3.8) is 0 Å². The molecule has 0 unspecified atom stereocenters. The molecule has 9 aromatic carbocycles. The van der Waals surface area contributed by atoms with Crippen molar-refractivity contribution in [2.75, 3.05) is 0 Å². The van der Waals surface area contributed by atoms with Crippen molar-refractivity contribution in [2.24, 2.45) is 0 Å². The average Bonchev–Trinajstić information content (AvgIpc) is 3.78. The van der Waals surface area contributed by atoms with Crippen molar-refractivity contribution in [3.05, 3.63) is 188 Å². The quantitative estimate of drug-likeness (QED) is 0.177. The summed E-state index contributed by atoms with van der Waals surface area (Å²) in [5.41, 5.74) is 12.4. The van der Waals surface area contributed by atoms with Gasteiger partial charge in [0.15, 0.2) is 11.6 Å². The fourth-order valence-electron chi connectivity index (χ4n) is 9.54. The molecule has 0 spiro atoms. The third-order valence-corrected chi connectivity index (χ3v) is 12.1. The number of hydrogen-bond acceptors (Lipinski definition) is 3. The Morgan fingerprint density at radius 3 is 1.48 bits per heavy atom. The van der Waals surface area contributed by atoms with E-state index in [1.807, 2.05) is 18.2 Å². The van der Waals surface area contributed by atoms with Gasteiger partial charge < -0.3 is 4.57 Å². The van der Waals surface area contributed by atoms with Crippen LogP contribution < -0.4 is 0 Å². The van der Waals surface area contributed by atoms with Crippen molar-refractivity contribution in [1.82, 2.24) is 24.1 Å². The molecule has 1 aliphatic carbocycles. The van der Waals surface area contributed by atoms with Crippen LogP contribution in [0.1, 0.15) is 0 Å². The monoisotopic (exact) mass is 737 g/mol. The van der Waals surface area contributed by atoms with E-state index in [0.29, 0.717) is 17.6 Å². The lowest BCUT2D eigenvalue weighted by atomic mass is 9.98. The second-order valence-electron chi connectivity index (χ2n) is 15.2. The Kier molecular flexibility index (Phi) is 6.38. The highest BCUT2D eigenvalue weighted by molar-refractivity contribution is 6.38. The first-order valence-electron chi connectivity index (χ1n) is 19.7. The highest BCUT2D eigenvalue weighted by Crippen LogP contribution is 2.51. The van der Waals surface area contributed by atoms with Crippen molar-refractivity contribution in [1.29, 1.82) is 0 Å². The van der Waals surface area contributed by atoms with Crippen molar-refractivity contribution >= 4 is 65.2 Å². The van der Waals surface area contributed by atoms with Crippen LogP contribution in [0.2, 0.25) is 0 Å². The Morgan fingerprint density at radius 1 is 0.293 bits per heavy atom. The van der Waals surface area contributed by atoms with Gasteiger partial charge in [-0.15, -0.1) is 0 Å². The van der Waals surface area contributed by atoms with Gasteiger partial charge in [0, 0.05) is 43.7 Å². The van der Waals surface area contributed by atoms with E-state index in [9.17, 15) is 0 Å². The highest BCUT2D eigenvalue weighted by atomic mass is 15.2. The first-order chi connectivity index (χ1) is 28.8. The van der Waals surface area contributed by atoms with E-state index >= 15 is 0 Å². The molecule has 0 saturated heterocycles. The van der Waals surface area contributed by atoms with E-state index in [2.05, 4.69) is 179 Å². The van der Waals surface area contributed by atoms with Gasteiger partial charge in [-0.2, -0.15) is 9.97 Å². The molecular formula is C53H31N5. The van der Waals surface area contributed by atoms with Gasteiger partial charge in [-0.25, -0.2) is 4.98 Å². The van der Waals surface area contributed by atoms with Gasteiger partial charge >= 0.3 is 0 Å². The van der Waals surface area contributed by atoms with Crippen LogP contribution in [0.5, 0.6) is 0 Å². The van der Waals surface area contributed by atoms with Gasteiger partial charge in [-0.05, 0) is 86.9 Å². The summed E-state index contributed by atoms with van der Waals surface area (Å²) in [5.74, 6) is 1.85. The first-order valence-corrected chi connectivity index (χ1v) is 19.7. The van der Waals surface area contributed by atoms with Crippen molar-refractivity contribution in [3.8, 4) is 56.7 Å². The molecule has 0 bridgehead atoms. The molecular weight excluding hydrogens is 707 g/mol. The largest absolute Gasteiger partial charge is 0.309 e. The number of para-hydroxylation sites is 1. The molecule has 0 N–H and O–H groups in total. The Morgan fingerprint density at radius 2 is 0.810 bits per heavy atom. The molecule has 13 rings (SSSR count). The predicted molar refractivity (Wildman–Crippen MR) is 239 cm³/mol. The number of fused-ring (bicyclic) bond motifs is 2. The predicted octanol–water partition coefficient (Wildman–Crippen LogP) is 13.4. The average molecular weight is 738 g/mol. The lowest BCUT2D eigenvalue weighted by molar-refractivity contribution is 0.954. The number of nitrogens with zero attached hydrogens (tertiary/aromatic N) is 5. The Hall–Kier alpha value is -7.89. The molecule has 12 aromatic rings. The Bertz CT molecular complexity index is 3660. The van der Waals surface area contributed by atoms with E-state index in [1.54, 1.807) is 0 Å². The molecule has 3 aromatic heterocycles. The van der Waals surface area contributed by atoms with Gasteiger partial charge in [0.2, 0.25) is 5.95 Å². The van der Waals surface area contributed by atoms with Gasteiger partial charge in [-0.1, -0.05) is 140 Å². The topological polar surface area (TPSA) is 48.5 Å². The molecule has 5 heteroatoms. The summed E-state index contributed by atoms with van der Waals surface area (Å²) in [4.78, 5) is 15.8. The van der Waals surface area contributed by atoms with E-state index in [1.165, 1.54) is 71.0 Å². The normalized spacial score (nSPS) is 12.1. The molecule has 3 heterocycles. The lowest BCUT2D eigenvalue weighted by Gasteiger charge is -2.12. The molecule has 0 amide bonds. The van der Waals surface area contributed by atoms with Crippen molar-refractivity contribution < 1.29 is 0 Å². The first kappa shape index (κ1) is 31.3. The second-order valence-corrected chi connectivity index (χ2v) is 15.2. The zero-order chi connectivity index (χ0) is 37.9. The molecule has 1 aliphatic rings. The van der Waals surface area contributed by atoms with Crippen LogP contribution in [0.15, 0.2) is 188 Å². The maximum Gasteiger partial charge on any atom is 0.238 e. The maximum absolute atomic E-state index is 5.37. The minimum atomic E-state index is 0.589. The maximum atomic E-state index is 5.37. The SMILES string of the molecule is c1ccc(-c2ccc3ccc(-c4nc(-c5ccccc5)nc(-n5c6cccc7c6c6c8c(ccc9c8c8c-7cccc8n9-c7ccccc7)ccc65)n4)cc3c2)cc1. The molecule has 0 atom stereocenters. The molecule has 0 fully saturated rings. The van der Waals surface area contributed by atoms with Gasteiger partial charge in [0.05, 0.1) is 22.1 Å². The molecule has 58 heavy (non-hydrogen) atoms. The van der Waals surface area contributed by atoms with Crippen LogP contribution in [-0.4, -0.2) is 24.1 Å². The van der Waals surface area contributed by atoms with Crippen molar-refractivity contribution in [2.45, 2.75) is 0 Å². The number of benzene rings is 9. The van der Waals surface area contributed by atoms with Gasteiger partial charge in [0.25, 0.3) is 0 Å². The van der Waals surface area contributed by atoms with E-state index in [4.69, 9.17) is 15.0 Å². The molecule has 268 valence electrons. The number of hydrogen-bond donors (Lipinski definition) is 0. The van der Waals surface area contributed by atoms with Crippen LogP contribution in [0.3, 0.4) is 0 Å². The molecule has 5 nitrogen and oxygen atoms in total. The summed E-state index contributed by atoms with van der Waals surface area (Å²) < 4.78 is 4.68. The number of rotatable bonds is 5. The van der Waals surface area contributed by atoms with E-state index in [-0.39, 0.29) is 0 Å². The summed E-state index contributed by atoms with van der Waals surface area (Å²) in [6.45, 7) is 0. The Balaban J connectivity index is 1.11. The van der Waals surface area contributed by atoms with Crippen LogP contribution >= 0.6 is 0 Å². The Labute approximate surface area is 332 Å². The van der Waals surface area contributed by atoms with E-state index < -0.39 is 0 Å². The summed E-state index contributed by atoms with van der Waals surface area (Å²) in [6.07, 6.45) is 0. The molecule has 0 aliphatic heterocycles.